The van der Waals surface area contributed by atoms with Gasteiger partial charge < -0.3 is 19.6 Å². The summed E-state index contributed by atoms with van der Waals surface area (Å²) in [5.41, 5.74) is 0.576. The third-order valence-electron chi connectivity index (χ3n) is 8.67. The summed E-state index contributed by atoms with van der Waals surface area (Å²) < 4.78 is 6.98. The molecule has 0 aliphatic carbocycles. The maximum Gasteiger partial charge on any atom is 0.304 e. The van der Waals surface area contributed by atoms with Gasteiger partial charge in [-0.1, -0.05) is 79.7 Å². The first-order valence-electron chi connectivity index (χ1n) is 14.2. The highest BCUT2D eigenvalue weighted by Crippen LogP contribution is 2.37. The number of quaternary nitrogens is 1. The Balaban J connectivity index is 1.21. The van der Waals surface area contributed by atoms with Crippen LogP contribution in [0.1, 0.15) is 53.2 Å². The van der Waals surface area contributed by atoms with Crippen molar-refractivity contribution in [2.75, 3.05) is 32.7 Å². The summed E-state index contributed by atoms with van der Waals surface area (Å²) in [5, 5.41) is 17.3. The fourth-order valence-electron chi connectivity index (χ4n) is 6.25. The van der Waals surface area contributed by atoms with Crippen LogP contribution in [0.3, 0.4) is 0 Å². The number of aryl methyl sites for hydroxylation is 1. The summed E-state index contributed by atoms with van der Waals surface area (Å²) >= 11 is 0. The van der Waals surface area contributed by atoms with Crippen LogP contribution in [0.15, 0.2) is 84.9 Å². The number of benzene rings is 3. The third-order valence-corrected chi connectivity index (χ3v) is 8.67. The molecule has 3 saturated heterocycles. The second kappa shape index (κ2) is 11.7. The van der Waals surface area contributed by atoms with E-state index in [9.17, 15) is 14.7 Å². The van der Waals surface area contributed by atoms with Crippen LogP contribution in [0.25, 0.3) is 0 Å². The van der Waals surface area contributed by atoms with E-state index < -0.39 is 11.6 Å². The van der Waals surface area contributed by atoms with Crippen molar-refractivity contribution in [3.05, 3.63) is 107 Å². The number of carbonyl (C=O) groups is 2. The highest BCUT2D eigenvalue weighted by atomic mass is 16.6. The van der Waals surface area contributed by atoms with Gasteiger partial charge in [-0.15, -0.1) is 0 Å². The molecule has 3 aliphatic rings. The zero-order chi connectivity index (χ0) is 27.3. The molecule has 3 aromatic carbocycles. The van der Waals surface area contributed by atoms with Gasteiger partial charge >= 0.3 is 5.97 Å². The van der Waals surface area contributed by atoms with E-state index in [0.29, 0.717) is 23.2 Å². The van der Waals surface area contributed by atoms with Crippen molar-refractivity contribution in [2.45, 2.75) is 44.3 Å². The van der Waals surface area contributed by atoms with Crippen LogP contribution in [0.4, 0.5) is 0 Å². The molecule has 6 nitrogen and oxygen atoms in total. The van der Waals surface area contributed by atoms with Crippen LogP contribution in [0.2, 0.25) is 0 Å². The predicted molar refractivity (Wildman–Crippen MR) is 149 cm³/mol. The number of hydrogen-bond acceptors (Lipinski definition) is 4. The van der Waals surface area contributed by atoms with Gasteiger partial charge in [0.2, 0.25) is 0 Å². The second-order valence-electron chi connectivity index (χ2n) is 11.0. The number of fused-ring (bicyclic) bond motifs is 3. The Morgan fingerprint density at radius 2 is 1.51 bits per heavy atom. The van der Waals surface area contributed by atoms with Gasteiger partial charge in [-0.25, -0.2) is 0 Å². The summed E-state index contributed by atoms with van der Waals surface area (Å²) in [6.45, 7) is 6.43. The van der Waals surface area contributed by atoms with E-state index in [1.165, 1.54) is 5.56 Å². The predicted octanol–water partition coefficient (Wildman–Crippen LogP) is 3.83. The molecule has 2 bridgehead atoms. The van der Waals surface area contributed by atoms with Gasteiger partial charge in [0.1, 0.15) is 6.54 Å². The molecule has 1 unspecified atom stereocenters. The molecule has 3 aliphatic heterocycles. The SMILES string of the molecule is CCc1ccc(C(=O)NCCC[N+]23CCC(CC2)C(OC(=O)C([O-])(c2ccccc2)c2ccccc2)C3)cc1. The Kier molecular flexibility index (Phi) is 8.15. The number of ether oxygens (including phenoxy) is 1. The molecule has 3 heterocycles. The quantitative estimate of drug-likeness (QED) is 0.248. The van der Waals surface area contributed by atoms with E-state index >= 15 is 0 Å². The number of hydrogen-bond donors (Lipinski definition) is 1. The van der Waals surface area contributed by atoms with E-state index in [2.05, 4.69) is 12.2 Å². The molecule has 6 heteroatoms. The first-order chi connectivity index (χ1) is 18.9. The van der Waals surface area contributed by atoms with E-state index in [1.54, 1.807) is 48.5 Å². The Morgan fingerprint density at radius 3 is 2.08 bits per heavy atom. The summed E-state index contributed by atoms with van der Waals surface area (Å²) in [4.78, 5) is 26.2. The third kappa shape index (κ3) is 5.77. The van der Waals surface area contributed by atoms with Crippen LogP contribution in [-0.2, 0) is 21.6 Å². The number of nitrogens with one attached hydrogen (secondary N) is 1. The minimum Gasteiger partial charge on any atom is -0.834 e. The lowest BCUT2D eigenvalue weighted by Gasteiger charge is -2.53. The van der Waals surface area contributed by atoms with Crippen molar-refractivity contribution in [3.63, 3.8) is 0 Å². The molecule has 1 amide bonds. The van der Waals surface area contributed by atoms with Crippen molar-refractivity contribution in [1.29, 1.82) is 0 Å². The molecule has 1 atom stereocenters. The van der Waals surface area contributed by atoms with E-state index in [-0.39, 0.29) is 17.9 Å². The molecule has 0 aromatic heterocycles. The Labute approximate surface area is 231 Å². The van der Waals surface area contributed by atoms with Gasteiger partial charge in [-0.2, -0.15) is 0 Å². The fourth-order valence-corrected chi connectivity index (χ4v) is 6.25. The maximum absolute atomic E-state index is 14.3. The molecule has 1 N–H and O–H groups in total. The largest absolute Gasteiger partial charge is 0.834 e. The van der Waals surface area contributed by atoms with Gasteiger partial charge in [0.05, 0.1) is 19.6 Å². The van der Waals surface area contributed by atoms with Gasteiger partial charge in [0, 0.05) is 42.9 Å². The van der Waals surface area contributed by atoms with Crippen LogP contribution in [0, 0.1) is 5.92 Å². The molecular formula is C33H38N2O4. The molecular weight excluding hydrogens is 488 g/mol. The minimum atomic E-state index is -2.11. The van der Waals surface area contributed by atoms with E-state index in [4.69, 9.17) is 4.74 Å². The van der Waals surface area contributed by atoms with Crippen molar-refractivity contribution in [1.82, 2.24) is 5.32 Å². The summed E-state index contributed by atoms with van der Waals surface area (Å²) in [5.74, 6) is -0.482. The maximum atomic E-state index is 14.3. The minimum absolute atomic E-state index is 0.0459. The summed E-state index contributed by atoms with van der Waals surface area (Å²) in [6.07, 6.45) is 3.50. The molecule has 0 radical (unpaired) electrons. The number of nitrogens with zero attached hydrogens (tertiary/aromatic N) is 1. The smallest absolute Gasteiger partial charge is 0.304 e. The van der Waals surface area contributed by atoms with Gasteiger partial charge in [0.15, 0.2) is 6.10 Å². The lowest BCUT2D eigenvalue weighted by molar-refractivity contribution is -0.946. The van der Waals surface area contributed by atoms with E-state index in [1.807, 2.05) is 36.4 Å². The molecule has 3 fully saturated rings. The molecule has 3 aromatic rings. The van der Waals surface area contributed by atoms with Crippen LogP contribution in [-0.4, -0.2) is 55.2 Å². The zero-order valence-corrected chi connectivity index (χ0v) is 22.7. The monoisotopic (exact) mass is 526 g/mol. The van der Waals surface area contributed by atoms with Crippen LogP contribution in [0.5, 0.6) is 0 Å². The Hall–Kier alpha value is -3.48. The Morgan fingerprint density at radius 1 is 0.923 bits per heavy atom. The molecule has 39 heavy (non-hydrogen) atoms. The summed E-state index contributed by atoms with van der Waals surface area (Å²) in [7, 11) is 0. The molecule has 0 saturated carbocycles. The highest BCUT2D eigenvalue weighted by Gasteiger charge is 2.48. The standard InChI is InChI=1S/C33H38N2O4/c1-2-25-14-16-27(17-15-25)31(36)34-20-9-21-35-22-18-26(19-23-35)30(24-35)39-32(37)33(38,28-10-5-3-6-11-28)29-12-7-4-8-13-29/h3-8,10-17,26,30H,2,9,18-24H2,1H3,(H,34,36). The van der Waals surface area contributed by atoms with Gasteiger partial charge in [-0.05, 0) is 35.2 Å². The van der Waals surface area contributed by atoms with Crippen LogP contribution < -0.4 is 10.4 Å². The molecule has 204 valence electrons. The fraction of sp³-hybridized carbons (Fsp3) is 0.394. The number of amides is 1. The van der Waals surface area contributed by atoms with E-state index in [0.717, 1.165) is 56.3 Å². The normalized spacial score (nSPS) is 22.3. The van der Waals surface area contributed by atoms with Crippen molar-refractivity contribution < 1.29 is 23.9 Å². The highest BCUT2D eigenvalue weighted by molar-refractivity contribution is 5.94. The average Bonchev–Trinajstić information content (AvgIpc) is 3.00. The molecule has 0 spiro atoms. The lowest BCUT2D eigenvalue weighted by atomic mass is 9.82. The van der Waals surface area contributed by atoms with Crippen molar-refractivity contribution >= 4 is 11.9 Å². The summed E-state index contributed by atoms with van der Waals surface area (Å²) in [6, 6.07) is 25.4. The Bertz CT molecular complexity index is 1210. The number of carbonyl (C=O) groups excluding carboxylic acids is 2. The lowest BCUT2D eigenvalue weighted by Crippen LogP contribution is -2.65. The molecule has 6 rings (SSSR count). The van der Waals surface area contributed by atoms with Crippen molar-refractivity contribution in [2.24, 2.45) is 5.92 Å². The first kappa shape index (κ1) is 27.1. The number of piperidine rings is 3. The first-order valence-corrected chi connectivity index (χ1v) is 14.2. The zero-order valence-electron chi connectivity index (χ0n) is 22.7. The topological polar surface area (TPSA) is 78.5 Å². The van der Waals surface area contributed by atoms with Crippen molar-refractivity contribution in [3.8, 4) is 0 Å². The van der Waals surface area contributed by atoms with Gasteiger partial charge in [0.25, 0.3) is 5.91 Å². The number of esters is 1. The van der Waals surface area contributed by atoms with Gasteiger partial charge in [-0.3, -0.25) is 9.59 Å². The second-order valence-corrected chi connectivity index (χ2v) is 11.0. The van der Waals surface area contributed by atoms with Crippen LogP contribution >= 0.6 is 0 Å². The number of rotatable bonds is 10. The average molecular weight is 527 g/mol.